The van der Waals surface area contributed by atoms with E-state index in [4.69, 9.17) is 9.47 Å². The maximum absolute atomic E-state index is 11.9. The van der Waals surface area contributed by atoms with Crippen molar-refractivity contribution in [2.45, 2.75) is 20.3 Å². The zero-order chi connectivity index (χ0) is 19.8. The average molecular weight is 372 g/mol. The minimum absolute atomic E-state index is 0.0117. The number of anilines is 1. The van der Waals surface area contributed by atoms with Crippen molar-refractivity contribution >= 4 is 23.3 Å². The van der Waals surface area contributed by atoms with Crippen LogP contribution in [0.4, 0.5) is 11.4 Å². The zero-order valence-corrected chi connectivity index (χ0v) is 15.1. The molecule has 2 aromatic rings. The molecule has 0 radical (unpaired) electrons. The lowest BCUT2D eigenvalue weighted by Gasteiger charge is -2.09. The number of rotatable bonds is 8. The molecule has 0 atom stereocenters. The van der Waals surface area contributed by atoms with Gasteiger partial charge in [0.05, 0.1) is 18.0 Å². The first kappa shape index (κ1) is 19.9. The number of nitrogens with one attached hydrogen (secondary N) is 1. The summed E-state index contributed by atoms with van der Waals surface area (Å²) in [6, 6.07) is 11.5. The lowest BCUT2D eigenvalue weighted by Crippen LogP contribution is -2.22. The van der Waals surface area contributed by atoms with E-state index in [0.717, 1.165) is 5.56 Å². The molecule has 0 heterocycles. The lowest BCUT2D eigenvalue weighted by atomic mass is 10.2. The summed E-state index contributed by atoms with van der Waals surface area (Å²) in [4.78, 5) is 33.7. The molecule has 2 rings (SSSR count). The predicted octanol–water partition coefficient (Wildman–Crippen LogP) is 3.16. The number of ether oxygens (including phenoxy) is 2. The van der Waals surface area contributed by atoms with Crippen molar-refractivity contribution in [2.24, 2.45) is 0 Å². The van der Waals surface area contributed by atoms with E-state index >= 15 is 0 Å². The van der Waals surface area contributed by atoms with Gasteiger partial charge in [-0.05, 0) is 43.2 Å². The number of carbonyl (C=O) groups excluding carboxylic acids is 2. The number of nitro groups is 1. The molecule has 0 spiro atoms. The minimum atomic E-state index is -0.557. The molecule has 8 nitrogen and oxygen atoms in total. The van der Waals surface area contributed by atoms with Crippen LogP contribution in [0.3, 0.4) is 0 Å². The summed E-state index contributed by atoms with van der Waals surface area (Å²) in [6.07, 6.45) is 0.0117. The third-order valence-corrected chi connectivity index (χ3v) is 3.62. The number of aryl methyl sites for hydroxylation is 2. The fourth-order valence-corrected chi connectivity index (χ4v) is 2.26. The number of carbonyl (C=O) groups is 2. The molecule has 8 heteroatoms. The molecule has 0 fully saturated rings. The van der Waals surface area contributed by atoms with Gasteiger partial charge in [-0.2, -0.15) is 0 Å². The van der Waals surface area contributed by atoms with Gasteiger partial charge in [0.25, 0.3) is 11.6 Å². The third kappa shape index (κ3) is 6.43. The van der Waals surface area contributed by atoms with Crippen LogP contribution in [0.25, 0.3) is 0 Å². The number of hydrogen-bond acceptors (Lipinski definition) is 6. The van der Waals surface area contributed by atoms with E-state index in [1.54, 1.807) is 13.0 Å². The van der Waals surface area contributed by atoms with Gasteiger partial charge in [0.2, 0.25) is 0 Å². The van der Waals surface area contributed by atoms with E-state index in [-0.39, 0.29) is 18.7 Å². The Hall–Kier alpha value is -3.42. The van der Waals surface area contributed by atoms with Crippen molar-refractivity contribution in [1.29, 1.82) is 0 Å². The Morgan fingerprint density at radius 3 is 2.59 bits per heavy atom. The van der Waals surface area contributed by atoms with Crippen molar-refractivity contribution in [1.82, 2.24) is 0 Å². The molecule has 142 valence electrons. The van der Waals surface area contributed by atoms with E-state index in [9.17, 15) is 19.7 Å². The largest absolute Gasteiger partial charge is 0.493 e. The van der Waals surface area contributed by atoms with E-state index in [2.05, 4.69) is 5.32 Å². The summed E-state index contributed by atoms with van der Waals surface area (Å²) >= 11 is 0. The SMILES string of the molecule is Cc1cccc(OCCC(=O)OCC(=O)Nc2ccc([N+](=O)[O-])cc2C)c1. The lowest BCUT2D eigenvalue weighted by molar-refractivity contribution is -0.384. The van der Waals surface area contributed by atoms with Gasteiger partial charge in [-0.25, -0.2) is 0 Å². The summed E-state index contributed by atoms with van der Waals surface area (Å²) in [5.74, 6) is -0.424. The quantitative estimate of drug-likeness (QED) is 0.433. The van der Waals surface area contributed by atoms with E-state index in [1.807, 2.05) is 25.1 Å². The zero-order valence-electron chi connectivity index (χ0n) is 15.1. The molecular formula is C19H20N2O6. The van der Waals surface area contributed by atoms with Crippen LogP contribution in [0.2, 0.25) is 0 Å². The van der Waals surface area contributed by atoms with Gasteiger partial charge in [0.1, 0.15) is 5.75 Å². The second kappa shape index (κ2) is 9.33. The number of hydrogen-bond donors (Lipinski definition) is 1. The van der Waals surface area contributed by atoms with Crippen molar-refractivity contribution in [2.75, 3.05) is 18.5 Å². The summed E-state index contributed by atoms with van der Waals surface area (Å²) < 4.78 is 10.4. The number of nitrogens with zero attached hydrogens (tertiary/aromatic N) is 1. The van der Waals surface area contributed by atoms with E-state index in [0.29, 0.717) is 17.0 Å². The number of nitro benzene ring substituents is 1. The summed E-state index contributed by atoms with van der Waals surface area (Å²) in [7, 11) is 0. The molecular weight excluding hydrogens is 352 g/mol. The number of non-ortho nitro benzene ring substituents is 1. The van der Waals surface area contributed by atoms with Gasteiger partial charge in [-0.3, -0.25) is 19.7 Å². The van der Waals surface area contributed by atoms with Crippen LogP contribution in [0.5, 0.6) is 5.75 Å². The van der Waals surface area contributed by atoms with Gasteiger partial charge in [0.15, 0.2) is 6.61 Å². The normalized spacial score (nSPS) is 10.1. The Bertz CT molecular complexity index is 850. The maximum atomic E-state index is 11.9. The highest BCUT2D eigenvalue weighted by Crippen LogP contribution is 2.21. The van der Waals surface area contributed by atoms with Gasteiger partial charge < -0.3 is 14.8 Å². The van der Waals surface area contributed by atoms with Crippen molar-refractivity contribution in [3.8, 4) is 5.75 Å². The number of amides is 1. The molecule has 0 saturated carbocycles. The monoisotopic (exact) mass is 372 g/mol. The third-order valence-electron chi connectivity index (χ3n) is 3.62. The molecule has 0 unspecified atom stereocenters. The summed E-state index contributed by atoms with van der Waals surface area (Å²) in [5, 5.41) is 13.3. The fourth-order valence-electron chi connectivity index (χ4n) is 2.26. The molecule has 0 aromatic heterocycles. The van der Waals surface area contributed by atoms with Crippen LogP contribution >= 0.6 is 0 Å². The molecule has 0 saturated heterocycles. The van der Waals surface area contributed by atoms with Gasteiger partial charge in [-0.1, -0.05) is 12.1 Å². The standard InChI is InChI=1S/C19H20N2O6/c1-13-4-3-5-16(10-13)26-9-8-19(23)27-12-18(22)20-17-7-6-15(21(24)25)11-14(17)2/h3-7,10-11H,8-9,12H2,1-2H3,(H,20,22). The topological polar surface area (TPSA) is 108 Å². The number of benzene rings is 2. The second-order valence-corrected chi connectivity index (χ2v) is 5.88. The molecule has 1 amide bonds. The van der Waals surface area contributed by atoms with Crippen molar-refractivity contribution in [3.63, 3.8) is 0 Å². The van der Waals surface area contributed by atoms with Crippen LogP contribution in [0, 0.1) is 24.0 Å². The van der Waals surface area contributed by atoms with Crippen molar-refractivity contribution < 1.29 is 24.0 Å². The van der Waals surface area contributed by atoms with Crippen LogP contribution < -0.4 is 10.1 Å². The van der Waals surface area contributed by atoms with E-state index in [1.165, 1.54) is 18.2 Å². The maximum Gasteiger partial charge on any atom is 0.309 e. The Labute approximate surface area is 156 Å². The molecule has 0 aliphatic carbocycles. The van der Waals surface area contributed by atoms with Gasteiger partial charge in [-0.15, -0.1) is 0 Å². The average Bonchev–Trinajstić information content (AvgIpc) is 2.61. The fraction of sp³-hybridized carbons (Fsp3) is 0.263. The highest BCUT2D eigenvalue weighted by atomic mass is 16.6. The molecule has 0 bridgehead atoms. The Kier molecular flexibility index (Phi) is 6.87. The summed E-state index contributed by atoms with van der Waals surface area (Å²) in [6.45, 7) is 3.27. The Balaban J connectivity index is 1.73. The predicted molar refractivity (Wildman–Crippen MR) is 98.7 cm³/mol. The molecule has 2 aromatic carbocycles. The van der Waals surface area contributed by atoms with E-state index < -0.39 is 23.4 Å². The van der Waals surface area contributed by atoms with Crippen LogP contribution in [0.15, 0.2) is 42.5 Å². The first-order valence-corrected chi connectivity index (χ1v) is 8.25. The highest BCUT2D eigenvalue weighted by molar-refractivity contribution is 5.93. The Morgan fingerprint density at radius 2 is 1.93 bits per heavy atom. The molecule has 27 heavy (non-hydrogen) atoms. The molecule has 0 aliphatic rings. The van der Waals surface area contributed by atoms with Crippen LogP contribution in [0.1, 0.15) is 17.5 Å². The van der Waals surface area contributed by atoms with Crippen molar-refractivity contribution in [3.05, 3.63) is 63.7 Å². The van der Waals surface area contributed by atoms with Crippen LogP contribution in [-0.2, 0) is 14.3 Å². The first-order valence-electron chi connectivity index (χ1n) is 8.25. The molecule has 0 aliphatic heterocycles. The van der Waals surface area contributed by atoms with Gasteiger partial charge in [0, 0.05) is 17.8 Å². The Morgan fingerprint density at radius 1 is 1.15 bits per heavy atom. The first-order chi connectivity index (χ1) is 12.8. The van der Waals surface area contributed by atoms with Gasteiger partial charge >= 0.3 is 5.97 Å². The number of esters is 1. The minimum Gasteiger partial charge on any atom is -0.493 e. The summed E-state index contributed by atoms with van der Waals surface area (Å²) in [5.41, 5.74) is 1.94. The molecule has 1 N–H and O–H groups in total. The second-order valence-electron chi connectivity index (χ2n) is 5.88. The van der Waals surface area contributed by atoms with Crippen LogP contribution in [-0.4, -0.2) is 30.0 Å². The highest BCUT2D eigenvalue weighted by Gasteiger charge is 2.12. The smallest absolute Gasteiger partial charge is 0.309 e.